The van der Waals surface area contributed by atoms with Gasteiger partial charge in [0.2, 0.25) is 5.91 Å². The molecule has 0 saturated carbocycles. The molecular weight excluding hydrogens is 384 g/mol. The average molecular weight is 407 g/mol. The first kappa shape index (κ1) is 19.1. The lowest BCUT2D eigenvalue weighted by Crippen LogP contribution is -2.14. The van der Waals surface area contributed by atoms with Crippen LogP contribution in [0.3, 0.4) is 0 Å². The number of aryl methyl sites for hydroxylation is 3. The molecule has 4 aromatic rings. The molecule has 1 aromatic carbocycles. The van der Waals surface area contributed by atoms with E-state index in [9.17, 15) is 4.79 Å². The first-order valence-corrected chi connectivity index (χ1v) is 10.2. The summed E-state index contributed by atoms with van der Waals surface area (Å²) in [6, 6.07) is 11.7. The maximum atomic E-state index is 12.4. The van der Waals surface area contributed by atoms with Crippen LogP contribution in [0.15, 0.2) is 46.3 Å². The lowest BCUT2D eigenvalue weighted by Gasteiger charge is -2.06. The van der Waals surface area contributed by atoms with E-state index in [4.69, 9.17) is 9.51 Å². The number of para-hydroxylation sites is 1. The van der Waals surface area contributed by atoms with Crippen molar-refractivity contribution in [3.8, 4) is 17.1 Å². The van der Waals surface area contributed by atoms with Gasteiger partial charge in [0.25, 0.3) is 0 Å². The number of hydrogen-bond acceptors (Lipinski definition) is 5. The molecule has 148 valence electrons. The maximum absolute atomic E-state index is 12.4. The Morgan fingerprint density at radius 1 is 1.17 bits per heavy atom. The van der Waals surface area contributed by atoms with Crippen molar-refractivity contribution >= 4 is 22.9 Å². The van der Waals surface area contributed by atoms with E-state index in [1.54, 1.807) is 0 Å². The van der Waals surface area contributed by atoms with Crippen LogP contribution in [0.1, 0.15) is 27.7 Å². The Balaban J connectivity index is 1.54. The smallest absolute Gasteiger partial charge is 0.231 e. The number of anilines is 1. The van der Waals surface area contributed by atoms with Gasteiger partial charge in [-0.25, -0.2) is 4.98 Å². The van der Waals surface area contributed by atoms with E-state index >= 15 is 0 Å². The molecule has 0 aliphatic heterocycles. The summed E-state index contributed by atoms with van der Waals surface area (Å²) in [6.45, 7) is 7.92. The van der Waals surface area contributed by atoms with Gasteiger partial charge in [-0.2, -0.15) is 0 Å². The van der Waals surface area contributed by atoms with Crippen LogP contribution in [0.25, 0.3) is 17.1 Å². The normalized spacial score (nSPS) is 11.0. The third kappa shape index (κ3) is 3.86. The number of nitrogens with one attached hydrogen (secondary N) is 1. The Morgan fingerprint density at radius 2 is 1.97 bits per heavy atom. The Hall–Kier alpha value is -3.19. The molecule has 0 bridgehead atoms. The van der Waals surface area contributed by atoms with Gasteiger partial charge in [0, 0.05) is 34.1 Å². The molecule has 0 saturated heterocycles. The third-order valence-electron chi connectivity index (χ3n) is 4.83. The molecule has 4 rings (SSSR count). The monoisotopic (exact) mass is 406 g/mol. The Labute approximate surface area is 173 Å². The van der Waals surface area contributed by atoms with Crippen molar-refractivity contribution < 1.29 is 9.32 Å². The Morgan fingerprint density at radius 3 is 2.69 bits per heavy atom. The summed E-state index contributed by atoms with van der Waals surface area (Å²) in [5.41, 5.74) is 5.87. The highest BCUT2D eigenvalue weighted by Gasteiger charge is 2.17. The lowest BCUT2D eigenvalue weighted by molar-refractivity contribution is -0.115. The fraction of sp³-hybridized carbons (Fsp3) is 0.227. The van der Waals surface area contributed by atoms with Gasteiger partial charge in [0.15, 0.2) is 5.82 Å². The van der Waals surface area contributed by atoms with Gasteiger partial charge >= 0.3 is 0 Å². The van der Waals surface area contributed by atoms with Crippen LogP contribution in [0.5, 0.6) is 0 Å². The maximum Gasteiger partial charge on any atom is 0.231 e. The van der Waals surface area contributed by atoms with Gasteiger partial charge < -0.3 is 9.84 Å². The number of nitrogens with zero attached hydrogens (tertiary/aromatic N) is 3. The lowest BCUT2D eigenvalue weighted by atomic mass is 10.2. The first-order valence-electron chi connectivity index (χ1n) is 9.35. The van der Waals surface area contributed by atoms with Gasteiger partial charge in [0.1, 0.15) is 10.8 Å². The molecule has 0 fully saturated rings. The van der Waals surface area contributed by atoms with Gasteiger partial charge in [0.05, 0.1) is 12.1 Å². The minimum Gasteiger partial charge on any atom is -0.360 e. The fourth-order valence-electron chi connectivity index (χ4n) is 3.39. The molecule has 7 heteroatoms. The Bertz CT molecular complexity index is 1190. The number of rotatable bonds is 5. The van der Waals surface area contributed by atoms with Crippen LogP contribution in [-0.2, 0) is 11.2 Å². The van der Waals surface area contributed by atoms with Crippen molar-refractivity contribution in [1.29, 1.82) is 0 Å². The minimum absolute atomic E-state index is 0.0660. The standard InChI is InChI=1S/C22H22N4O2S/c1-13-7-5-6-8-18(13)23-21(27)11-22-24-19(12-29-22)17-9-14(2)26(16(17)4)20-10-15(3)28-25-20/h5-10,12H,11H2,1-4H3,(H,23,27). The fourth-order valence-corrected chi connectivity index (χ4v) is 4.19. The number of thiazole rings is 1. The van der Waals surface area contributed by atoms with Crippen molar-refractivity contribution in [2.75, 3.05) is 5.32 Å². The number of carbonyl (C=O) groups excluding carboxylic acids is 1. The van der Waals surface area contributed by atoms with E-state index in [2.05, 4.69) is 21.1 Å². The van der Waals surface area contributed by atoms with Crippen LogP contribution < -0.4 is 5.32 Å². The summed E-state index contributed by atoms with van der Waals surface area (Å²) in [5.74, 6) is 1.46. The molecule has 29 heavy (non-hydrogen) atoms. The van der Waals surface area contributed by atoms with Crippen molar-refractivity contribution in [3.05, 3.63) is 69.5 Å². The molecule has 1 N–H and O–H groups in total. The topological polar surface area (TPSA) is 73.0 Å². The van der Waals surface area contributed by atoms with Crippen LogP contribution in [-0.4, -0.2) is 20.6 Å². The second-order valence-electron chi connectivity index (χ2n) is 7.08. The van der Waals surface area contributed by atoms with Crippen LogP contribution >= 0.6 is 11.3 Å². The number of aromatic nitrogens is 3. The summed E-state index contributed by atoms with van der Waals surface area (Å²) >= 11 is 1.50. The van der Waals surface area contributed by atoms with E-state index < -0.39 is 0 Å². The van der Waals surface area contributed by atoms with E-state index in [1.807, 2.05) is 63.4 Å². The quantitative estimate of drug-likeness (QED) is 0.506. The third-order valence-corrected chi connectivity index (χ3v) is 5.68. The number of amides is 1. The minimum atomic E-state index is -0.0660. The average Bonchev–Trinajstić information content (AvgIpc) is 3.37. The Kier molecular flexibility index (Phi) is 5.07. The summed E-state index contributed by atoms with van der Waals surface area (Å²) in [7, 11) is 0. The van der Waals surface area contributed by atoms with Gasteiger partial charge in [-0.05, 0) is 45.4 Å². The van der Waals surface area contributed by atoms with E-state index in [0.29, 0.717) is 0 Å². The SMILES string of the molecule is Cc1cc(-n2c(C)cc(-c3csc(CC(=O)Nc4ccccc4C)n3)c2C)no1. The summed E-state index contributed by atoms with van der Waals surface area (Å²) in [4.78, 5) is 17.1. The van der Waals surface area contributed by atoms with Crippen LogP contribution in [0, 0.1) is 27.7 Å². The summed E-state index contributed by atoms with van der Waals surface area (Å²) in [5, 5.41) is 9.87. The summed E-state index contributed by atoms with van der Waals surface area (Å²) < 4.78 is 7.27. The molecule has 0 unspecified atom stereocenters. The van der Waals surface area contributed by atoms with Gasteiger partial charge in [-0.1, -0.05) is 23.4 Å². The van der Waals surface area contributed by atoms with E-state index in [0.717, 1.165) is 50.5 Å². The second-order valence-corrected chi connectivity index (χ2v) is 8.02. The van der Waals surface area contributed by atoms with Crippen LogP contribution in [0.4, 0.5) is 5.69 Å². The zero-order valence-electron chi connectivity index (χ0n) is 16.8. The molecule has 6 nitrogen and oxygen atoms in total. The number of carbonyl (C=O) groups is 1. The van der Waals surface area contributed by atoms with Crippen molar-refractivity contribution in [1.82, 2.24) is 14.7 Å². The zero-order chi connectivity index (χ0) is 20.5. The molecular formula is C22H22N4O2S. The van der Waals surface area contributed by atoms with Gasteiger partial charge in [-0.3, -0.25) is 9.36 Å². The highest BCUT2D eigenvalue weighted by Crippen LogP contribution is 2.30. The largest absolute Gasteiger partial charge is 0.360 e. The zero-order valence-corrected chi connectivity index (χ0v) is 17.6. The summed E-state index contributed by atoms with van der Waals surface area (Å²) in [6.07, 6.45) is 0.250. The van der Waals surface area contributed by atoms with E-state index in [-0.39, 0.29) is 12.3 Å². The van der Waals surface area contributed by atoms with E-state index in [1.165, 1.54) is 11.3 Å². The highest BCUT2D eigenvalue weighted by molar-refractivity contribution is 7.10. The van der Waals surface area contributed by atoms with Crippen molar-refractivity contribution in [2.45, 2.75) is 34.1 Å². The molecule has 0 aliphatic rings. The predicted octanol–water partition coefficient (Wildman–Crippen LogP) is 5.00. The molecule has 0 atom stereocenters. The molecule has 0 aliphatic carbocycles. The van der Waals surface area contributed by atoms with Gasteiger partial charge in [-0.15, -0.1) is 11.3 Å². The molecule has 1 amide bonds. The van der Waals surface area contributed by atoms with Crippen LogP contribution in [0.2, 0.25) is 0 Å². The highest BCUT2D eigenvalue weighted by atomic mass is 32.1. The molecule has 3 heterocycles. The van der Waals surface area contributed by atoms with Crippen molar-refractivity contribution in [3.63, 3.8) is 0 Å². The second kappa shape index (κ2) is 7.67. The van der Waals surface area contributed by atoms with Crippen molar-refractivity contribution in [2.24, 2.45) is 0 Å². The predicted molar refractivity (Wildman–Crippen MR) is 115 cm³/mol. The molecule has 0 spiro atoms. The molecule has 3 aromatic heterocycles. The molecule has 0 radical (unpaired) electrons. The first-order chi connectivity index (χ1) is 13.9. The number of benzene rings is 1. The number of hydrogen-bond donors (Lipinski definition) is 1.